The van der Waals surface area contributed by atoms with Crippen LogP contribution in [0.5, 0.6) is 5.75 Å². The maximum atomic E-state index is 15.4. The Morgan fingerprint density at radius 1 is 0.543 bits per heavy atom. The number of hydrogen-bond donors (Lipinski definition) is 2. The fourth-order valence-corrected chi connectivity index (χ4v) is 10.5. The Morgan fingerprint density at radius 2 is 0.975 bits per heavy atom. The summed E-state index contributed by atoms with van der Waals surface area (Å²) in [6.07, 6.45) is 4.14. The van der Waals surface area contributed by atoms with Gasteiger partial charge in [0.25, 0.3) is 0 Å². The molecule has 8 aromatic rings. The quantitative estimate of drug-likeness (QED) is 0.0931. The first kappa shape index (κ1) is 54.6. The van der Waals surface area contributed by atoms with Crippen molar-refractivity contribution in [2.24, 2.45) is 0 Å². The van der Waals surface area contributed by atoms with Crippen LogP contribution in [0.4, 0.5) is 49.7 Å². The molecule has 3 saturated heterocycles. The Kier molecular flexibility index (Phi) is 16.3. The van der Waals surface area contributed by atoms with E-state index in [4.69, 9.17) is 34.1 Å². The molecule has 4 aromatic carbocycles. The molecule has 4 amide bonds. The highest BCUT2D eigenvalue weighted by molar-refractivity contribution is 6.13. The van der Waals surface area contributed by atoms with E-state index in [2.05, 4.69) is 98.6 Å². The standard InChI is InChI=1S/C61H73N15O5/c1-42(2)73-26-24-52-56(71-33-37-79-38-34-71)64-54(66-58(52)73)44-8-12-46(13-9-44)62-60(77)76(50-20-22-51(23-21-50)81-41-32-68(5)6)75(61(78)63-47-14-18-48(19-15-47)70-30-28-69(7)29-31-70)49-16-10-45(11-17-49)55-65-57(72-35-39-80-40-36-72)53-25-27-74(43(3)4)59(53)67-55/h8-27,42-43H,28-41H2,1-7H3,(H,62,77)(H,63,78). The molecule has 20 heteroatoms. The van der Waals surface area contributed by atoms with E-state index in [0.29, 0.717) is 92.8 Å². The Morgan fingerprint density at radius 3 is 1.42 bits per heavy atom. The number of urea groups is 2. The molecule has 422 valence electrons. The van der Waals surface area contributed by atoms with Crippen molar-refractivity contribution in [2.45, 2.75) is 39.8 Å². The minimum absolute atomic E-state index is 0.162. The number of likely N-dealkylation sites (N-methyl/N-ethyl adjacent to an activating group) is 2. The first-order valence-electron chi connectivity index (χ1n) is 28.1. The Balaban J connectivity index is 0.961. The van der Waals surface area contributed by atoms with E-state index in [-0.39, 0.29) is 12.1 Å². The van der Waals surface area contributed by atoms with Crippen LogP contribution in [-0.4, -0.2) is 164 Å². The monoisotopic (exact) mass is 1100 g/mol. The SMILES string of the molecule is CC(C)n1ccc2c(N3CCOCC3)nc(-c3ccc(NC(=O)N(c4ccc(OCCN(C)C)cc4)N(C(=O)Nc4ccc(N5CCN(C)CC5)cc4)c4ccc(-c5nc(N6CCOCC6)c6ccn(C(C)C)c6n5)cc4)cc3)nc21. The summed E-state index contributed by atoms with van der Waals surface area (Å²) in [7, 11) is 6.12. The van der Waals surface area contributed by atoms with Crippen LogP contribution >= 0.6 is 0 Å². The topological polar surface area (TPSA) is 170 Å². The number of amides is 4. The number of morpholine rings is 2. The van der Waals surface area contributed by atoms with Crippen LogP contribution in [0, 0.1) is 0 Å². The lowest BCUT2D eigenvalue weighted by Gasteiger charge is -2.35. The predicted octanol–water partition coefficient (Wildman–Crippen LogP) is 9.73. The molecule has 0 spiro atoms. The predicted molar refractivity (Wildman–Crippen MR) is 322 cm³/mol. The first-order chi connectivity index (χ1) is 39.3. The molecule has 20 nitrogen and oxygen atoms in total. The summed E-state index contributed by atoms with van der Waals surface area (Å²) in [5.74, 6) is 3.43. The van der Waals surface area contributed by atoms with Gasteiger partial charge in [-0.3, -0.25) is 0 Å². The highest BCUT2D eigenvalue weighted by Crippen LogP contribution is 2.35. The third kappa shape index (κ3) is 12.1. The van der Waals surface area contributed by atoms with E-state index in [1.165, 1.54) is 10.0 Å². The van der Waals surface area contributed by atoms with Crippen LogP contribution in [0.3, 0.4) is 0 Å². The zero-order chi connectivity index (χ0) is 56.1. The summed E-state index contributed by atoms with van der Waals surface area (Å²) in [5, 5.41) is 10.9. The molecular formula is C61H73N15O5. The molecule has 0 bridgehead atoms. The third-order valence-electron chi connectivity index (χ3n) is 15.1. The van der Waals surface area contributed by atoms with Gasteiger partial charge in [0, 0.05) is 112 Å². The van der Waals surface area contributed by atoms with Crippen molar-refractivity contribution in [3.05, 3.63) is 122 Å². The van der Waals surface area contributed by atoms with Crippen LogP contribution < -0.4 is 40.1 Å². The number of rotatable bonds is 15. The van der Waals surface area contributed by atoms with Gasteiger partial charge in [-0.25, -0.2) is 29.5 Å². The van der Waals surface area contributed by atoms with E-state index in [1.54, 1.807) is 24.3 Å². The van der Waals surface area contributed by atoms with E-state index in [0.717, 1.165) is 89.8 Å². The number of carbonyl (C=O) groups is 2. The van der Waals surface area contributed by atoms with Crippen LogP contribution in [0.2, 0.25) is 0 Å². The van der Waals surface area contributed by atoms with Gasteiger partial charge in [0.05, 0.1) is 48.6 Å². The average Bonchev–Trinajstić information content (AvgIpc) is 4.21. The van der Waals surface area contributed by atoms with Gasteiger partial charge < -0.3 is 58.5 Å². The number of anilines is 7. The second-order valence-corrected chi connectivity index (χ2v) is 21.6. The maximum Gasteiger partial charge on any atom is 0.345 e. The van der Waals surface area contributed by atoms with Gasteiger partial charge in [0.2, 0.25) is 0 Å². The molecule has 0 atom stereocenters. The van der Waals surface area contributed by atoms with Gasteiger partial charge in [-0.1, -0.05) is 0 Å². The van der Waals surface area contributed by atoms with E-state index in [1.807, 2.05) is 91.8 Å². The van der Waals surface area contributed by atoms with E-state index < -0.39 is 12.1 Å². The molecule has 4 aromatic heterocycles. The highest BCUT2D eigenvalue weighted by atomic mass is 16.5. The number of piperazine rings is 1. The Labute approximate surface area is 473 Å². The number of nitrogens with one attached hydrogen (secondary N) is 2. The normalized spacial score (nSPS) is 15.3. The van der Waals surface area contributed by atoms with Gasteiger partial charge >= 0.3 is 12.1 Å². The summed E-state index contributed by atoms with van der Waals surface area (Å²) in [6.45, 7) is 18.8. The number of nitrogens with zero attached hydrogens (tertiary/aromatic N) is 13. The lowest BCUT2D eigenvalue weighted by Crippen LogP contribution is -2.53. The van der Waals surface area contributed by atoms with Crippen LogP contribution in [0.25, 0.3) is 44.8 Å². The van der Waals surface area contributed by atoms with Crippen LogP contribution in [-0.2, 0) is 9.47 Å². The minimum Gasteiger partial charge on any atom is -0.492 e. The number of benzene rings is 4. The summed E-state index contributed by atoms with van der Waals surface area (Å²) < 4.78 is 21.9. The summed E-state index contributed by atoms with van der Waals surface area (Å²) in [6, 6.07) is 33.3. The highest BCUT2D eigenvalue weighted by Gasteiger charge is 2.32. The molecule has 81 heavy (non-hydrogen) atoms. The minimum atomic E-state index is -0.603. The van der Waals surface area contributed by atoms with Crippen molar-refractivity contribution in [3.8, 4) is 28.5 Å². The molecule has 2 N–H and O–H groups in total. The first-order valence-corrected chi connectivity index (χ1v) is 28.1. The molecule has 0 radical (unpaired) electrons. The summed E-state index contributed by atoms with van der Waals surface area (Å²) in [5.41, 5.74) is 6.11. The second kappa shape index (κ2) is 24.2. The van der Waals surface area contributed by atoms with Gasteiger partial charge in [-0.05, 0) is 158 Å². The number of hydrogen-bond acceptors (Lipinski definition) is 14. The second-order valence-electron chi connectivity index (χ2n) is 21.6. The molecule has 0 saturated carbocycles. The van der Waals surface area contributed by atoms with Crippen molar-refractivity contribution in [3.63, 3.8) is 0 Å². The molecule has 0 aliphatic carbocycles. The van der Waals surface area contributed by atoms with Gasteiger partial charge in [0.1, 0.15) is 35.3 Å². The molecule has 3 fully saturated rings. The van der Waals surface area contributed by atoms with E-state index in [9.17, 15) is 0 Å². The van der Waals surface area contributed by atoms with Crippen LogP contribution in [0.1, 0.15) is 39.8 Å². The van der Waals surface area contributed by atoms with Gasteiger partial charge in [0.15, 0.2) is 11.6 Å². The largest absolute Gasteiger partial charge is 0.492 e. The van der Waals surface area contributed by atoms with Crippen molar-refractivity contribution in [2.75, 3.05) is 148 Å². The fourth-order valence-electron chi connectivity index (χ4n) is 10.5. The van der Waals surface area contributed by atoms with Gasteiger partial charge in [-0.2, -0.15) is 10.0 Å². The maximum absolute atomic E-state index is 15.4. The number of carbonyl (C=O) groups excluding carboxylic acids is 2. The number of hydrazine groups is 1. The molecule has 7 heterocycles. The van der Waals surface area contributed by atoms with Crippen molar-refractivity contribution in [1.29, 1.82) is 0 Å². The molecule has 3 aliphatic rings. The number of fused-ring (bicyclic) bond motifs is 2. The van der Waals surface area contributed by atoms with Crippen molar-refractivity contribution < 1.29 is 23.8 Å². The zero-order valence-electron chi connectivity index (χ0n) is 47.5. The van der Waals surface area contributed by atoms with Crippen molar-refractivity contribution >= 4 is 74.2 Å². The average molecular weight is 1100 g/mol. The zero-order valence-corrected chi connectivity index (χ0v) is 47.5. The lowest BCUT2D eigenvalue weighted by molar-refractivity contribution is 0.122. The smallest absolute Gasteiger partial charge is 0.345 e. The molecule has 11 rings (SSSR count). The Bertz CT molecular complexity index is 3440. The van der Waals surface area contributed by atoms with Crippen LogP contribution in [0.15, 0.2) is 122 Å². The Hall–Kier alpha value is -8.30. The summed E-state index contributed by atoms with van der Waals surface area (Å²) in [4.78, 5) is 62.5. The number of aromatic nitrogens is 6. The fraction of sp³-hybridized carbons (Fsp3) is 0.377. The molecule has 0 unspecified atom stereocenters. The lowest BCUT2D eigenvalue weighted by atomic mass is 10.1. The molecule has 3 aliphatic heterocycles. The molecular weight excluding hydrogens is 1020 g/mol. The van der Waals surface area contributed by atoms with Crippen molar-refractivity contribution in [1.82, 2.24) is 38.9 Å². The van der Waals surface area contributed by atoms with E-state index >= 15 is 9.59 Å². The van der Waals surface area contributed by atoms with Gasteiger partial charge in [-0.15, -0.1) is 0 Å². The third-order valence-corrected chi connectivity index (χ3v) is 15.1. The summed E-state index contributed by atoms with van der Waals surface area (Å²) >= 11 is 0. The number of ether oxygens (including phenoxy) is 3.